The Labute approximate surface area is 167 Å². The predicted octanol–water partition coefficient (Wildman–Crippen LogP) is 0.681. The molecule has 20 heteroatoms. The van der Waals surface area contributed by atoms with Crippen LogP contribution < -0.4 is 16.4 Å². The number of aryl methyl sites for hydroxylation is 1. The van der Waals surface area contributed by atoms with Gasteiger partial charge in [-0.05, 0) is 0 Å². The Kier molecular flexibility index (Phi) is 7.96. The summed E-state index contributed by atoms with van der Waals surface area (Å²) in [5.41, 5.74) is 5.70. The number of carbonyl (C=O) groups is 1. The van der Waals surface area contributed by atoms with Crippen molar-refractivity contribution in [3.8, 4) is 0 Å². The number of carbonyl (C=O) groups excluding carboxylic acids is 1. The topological polar surface area (TPSA) is 251 Å². The van der Waals surface area contributed by atoms with Crippen LogP contribution in [0.3, 0.4) is 0 Å². The van der Waals surface area contributed by atoms with E-state index in [1.165, 1.54) is 10.9 Å². The zero-order valence-corrected chi connectivity index (χ0v) is 17.6. The van der Waals surface area contributed by atoms with Crippen molar-refractivity contribution in [1.82, 2.24) is 14.9 Å². The first kappa shape index (κ1) is 24.7. The molecule has 30 heavy (non-hydrogen) atoms. The van der Waals surface area contributed by atoms with E-state index in [1.807, 2.05) is 0 Å². The second-order valence-electron chi connectivity index (χ2n) is 5.87. The fourth-order valence-electron chi connectivity index (χ4n) is 2.43. The molecule has 0 aliphatic carbocycles. The van der Waals surface area contributed by atoms with Crippen LogP contribution in [0, 0.1) is 5.92 Å². The Morgan fingerprint density at radius 1 is 1.27 bits per heavy atom. The zero-order chi connectivity index (χ0) is 22.6. The number of aliphatic hydroxyl groups excluding tert-OH is 1. The van der Waals surface area contributed by atoms with Crippen molar-refractivity contribution in [2.45, 2.75) is 19.3 Å². The van der Waals surface area contributed by atoms with E-state index in [2.05, 4.69) is 30.0 Å². The van der Waals surface area contributed by atoms with E-state index in [0.29, 0.717) is 5.82 Å². The Hall–Kier alpha value is -1.61. The molecule has 2 atom stereocenters. The van der Waals surface area contributed by atoms with Gasteiger partial charge < -0.3 is 0 Å². The molecule has 1 aliphatic rings. The Balaban J connectivity index is 2.15. The number of aliphatic hydroxyl groups is 1. The van der Waals surface area contributed by atoms with Gasteiger partial charge in [0, 0.05) is 0 Å². The molecule has 1 aliphatic heterocycles. The minimum atomic E-state index is -6.41. The Morgan fingerprint density at radius 2 is 1.93 bits per heavy atom. The summed E-state index contributed by atoms with van der Waals surface area (Å²) < 4.78 is 59.8. The molecule has 0 bridgehead atoms. The molecule has 0 radical (unpaired) electrons. The second kappa shape index (κ2) is 9.68. The van der Waals surface area contributed by atoms with Gasteiger partial charge >= 0.3 is 167 Å². The molecule has 0 saturated heterocycles. The van der Waals surface area contributed by atoms with Crippen LogP contribution in [-0.4, -0.2) is 50.6 Å². The number of nitrogens with zero attached hydrogens (tertiary/aromatic N) is 2. The molecule has 1 aromatic rings. The van der Waals surface area contributed by atoms with Crippen LogP contribution in [0.1, 0.15) is 16.9 Å². The van der Waals surface area contributed by atoms with Crippen LogP contribution in [0.25, 0.3) is 0 Å². The number of nitrogens with one attached hydrogen (secondary N) is 2. The zero-order valence-electron chi connectivity index (χ0n) is 14.9. The van der Waals surface area contributed by atoms with Gasteiger partial charge in [0.2, 0.25) is 0 Å². The summed E-state index contributed by atoms with van der Waals surface area (Å²) in [4.78, 5) is 15.7. The van der Waals surface area contributed by atoms with Crippen molar-refractivity contribution in [3.05, 3.63) is 12.0 Å². The molecule has 0 spiro atoms. The van der Waals surface area contributed by atoms with Gasteiger partial charge in [-0.15, -0.1) is 0 Å². The van der Waals surface area contributed by atoms with Crippen LogP contribution in [0.2, 0.25) is 0 Å². The third kappa shape index (κ3) is 4.37. The van der Waals surface area contributed by atoms with Gasteiger partial charge in [-0.3, -0.25) is 0 Å². The van der Waals surface area contributed by atoms with Gasteiger partial charge in [0.25, 0.3) is 0 Å². The standard InChI is InChI=1S/C10H18N5O12P3/c11-10-13-8-7(9(17)14-10)12-5-15(8)2-1-6(3-16)4-24-30(26-19,27-25-18,28(20)21)29(22)23/h5-6,10,13,16,18-19H,1-4,11H2,(H,14,17). The van der Waals surface area contributed by atoms with Crippen molar-refractivity contribution >= 4 is 33.1 Å². The SMILES string of the molecule is NC1NC(=O)c2ncn(CCC(CO)COP(OO)(OOO)(P(=O)=O)P(=O)=O)c2N1. The molecule has 2 rings (SSSR count). The van der Waals surface area contributed by atoms with Gasteiger partial charge in [-0.2, -0.15) is 0 Å². The van der Waals surface area contributed by atoms with Crippen LogP contribution in [0.15, 0.2) is 6.33 Å². The van der Waals surface area contributed by atoms with E-state index in [9.17, 15) is 28.2 Å². The van der Waals surface area contributed by atoms with Gasteiger partial charge in [-0.1, -0.05) is 0 Å². The average molecular weight is 493 g/mol. The third-order valence-electron chi connectivity index (χ3n) is 4.05. The monoisotopic (exact) mass is 493 g/mol. The summed E-state index contributed by atoms with van der Waals surface area (Å²) in [6, 6.07) is 0. The minimum absolute atomic E-state index is 0.0427. The van der Waals surface area contributed by atoms with E-state index in [0.717, 1.165) is 0 Å². The molecular formula is C10H18N5O12P3. The molecule has 17 nitrogen and oxygen atoms in total. The summed E-state index contributed by atoms with van der Waals surface area (Å²) in [7, 11) is -8.62. The summed E-state index contributed by atoms with van der Waals surface area (Å²) in [5, 5.41) is 35.2. The van der Waals surface area contributed by atoms with Crippen molar-refractivity contribution in [2.24, 2.45) is 11.7 Å². The first-order valence-corrected chi connectivity index (χ1v) is 13.7. The van der Waals surface area contributed by atoms with Crippen molar-refractivity contribution in [2.75, 3.05) is 18.5 Å². The second-order valence-corrected chi connectivity index (χ2v) is 16.0. The Bertz CT molecular complexity index is 894. The van der Waals surface area contributed by atoms with Gasteiger partial charge in [0.05, 0.1) is 0 Å². The van der Waals surface area contributed by atoms with Crippen LogP contribution in [-0.2, 0) is 43.7 Å². The molecule has 1 aromatic heterocycles. The Morgan fingerprint density at radius 3 is 2.47 bits per heavy atom. The molecular weight excluding hydrogens is 475 g/mol. The van der Waals surface area contributed by atoms with E-state index in [4.69, 9.17) is 20.8 Å². The third-order valence-corrected chi connectivity index (χ3v) is 13.8. The van der Waals surface area contributed by atoms with E-state index in [1.54, 1.807) is 0 Å². The van der Waals surface area contributed by atoms with Crippen LogP contribution in [0.4, 0.5) is 5.82 Å². The molecule has 2 unspecified atom stereocenters. The van der Waals surface area contributed by atoms with E-state index in [-0.39, 0.29) is 18.7 Å². The molecule has 2 heterocycles. The number of imidazole rings is 1. The number of hydrogen-bond donors (Lipinski definition) is 6. The molecule has 1 amide bonds. The number of nitrogens with two attached hydrogens (primary N) is 1. The van der Waals surface area contributed by atoms with E-state index >= 15 is 0 Å². The number of aromatic nitrogens is 2. The molecule has 7 N–H and O–H groups in total. The molecule has 0 saturated carbocycles. The van der Waals surface area contributed by atoms with Crippen LogP contribution in [0.5, 0.6) is 0 Å². The summed E-state index contributed by atoms with van der Waals surface area (Å²) in [5.74, 6) is -1.13. The maximum atomic E-state index is 11.8. The van der Waals surface area contributed by atoms with Crippen molar-refractivity contribution in [1.29, 1.82) is 0 Å². The predicted molar refractivity (Wildman–Crippen MR) is 94.5 cm³/mol. The first-order valence-electron chi connectivity index (χ1n) is 7.93. The van der Waals surface area contributed by atoms with Gasteiger partial charge in [0.1, 0.15) is 0 Å². The maximum absolute atomic E-state index is 11.8. The number of rotatable bonds is 12. The number of fused-ring (bicyclic) bond motifs is 1. The normalized spacial score (nSPS) is 18.5. The average Bonchev–Trinajstić information content (AvgIpc) is 3.10. The molecule has 0 aromatic carbocycles. The number of hydrogen-bond acceptors (Lipinski definition) is 15. The quantitative estimate of drug-likeness (QED) is 0.133. The summed E-state index contributed by atoms with van der Waals surface area (Å²) >= 11 is 0. The van der Waals surface area contributed by atoms with Crippen molar-refractivity contribution in [3.63, 3.8) is 0 Å². The van der Waals surface area contributed by atoms with Gasteiger partial charge in [-0.25, -0.2) is 0 Å². The number of amides is 1. The summed E-state index contributed by atoms with van der Waals surface area (Å²) in [6.45, 7) is -7.73. The van der Waals surface area contributed by atoms with Crippen molar-refractivity contribution < 1.29 is 57.6 Å². The fraction of sp³-hybridized carbons (Fsp3) is 0.600. The molecule has 0 fully saturated rings. The fourth-order valence-corrected chi connectivity index (χ4v) is 6.92. The molecule has 170 valence electrons. The van der Waals surface area contributed by atoms with E-state index < -0.39 is 52.7 Å². The summed E-state index contributed by atoms with van der Waals surface area (Å²) in [6.07, 6.45) is 0.497. The first-order chi connectivity index (χ1) is 14.1. The van der Waals surface area contributed by atoms with Crippen LogP contribution >= 0.6 is 21.4 Å². The number of anilines is 1. The van der Waals surface area contributed by atoms with Gasteiger partial charge in [0.15, 0.2) is 0 Å².